The van der Waals surface area contributed by atoms with Crippen molar-refractivity contribution in [2.45, 2.75) is 0 Å². The third-order valence-electron chi connectivity index (χ3n) is 0.346. The molecule has 0 amide bonds. The molecule has 12 heavy (non-hydrogen) atoms. The average Bonchev–Trinajstić information content (AvgIpc) is 1.14. The Balaban J connectivity index is -0.000000107. The minimum atomic E-state index is -5.18. The predicted octanol–water partition coefficient (Wildman–Crippen LogP) is -4.88. The van der Waals surface area contributed by atoms with Gasteiger partial charge >= 0.3 is 0 Å². The van der Waals surface area contributed by atoms with Crippen molar-refractivity contribution < 1.29 is 59.8 Å². The molecule has 0 aliphatic carbocycles. The Morgan fingerprint density at radius 2 is 1.00 bits per heavy atom. The zero-order valence-corrected chi connectivity index (χ0v) is 9.08. The van der Waals surface area contributed by atoms with Crippen LogP contribution in [0.4, 0.5) is 0 Å². The van der Waals surface area contributed by atoms with Gasteiger partial charge in [0.15, 0.2) is 0 Å². The van der Waals surface area contributed by atoms with E-state index < -0.39 is 21.1 Å². The maximum atomic E-state index is 9.55. The third kappa shape index (κ3) is 22.4. The van der Waals surface area contributed by atoms with Crippen LogP contribution in [-0.4, -0.2) is 16.9 Å². The van der Waals surface area contributed by atoms with Crippen molar-refractivity contribution in [3.63, 3.8) is 0 Å². The zero-order valence-electron chi connectivity index (χ0n) is 5.43. The van der Waals surface area contributed by atoms with Gasteiger partial charge in [-0.3, -0.25) is 0 Å². The van der Waals surface area contributed by atoms with Gasteiger partial charge < -0.3 is 39.7 Å². The molecule has 0 fully saturated rings. The molecular formula is CH6O8P2Tc-4. The van der Waals surface area contributed by atoms with E-state index in [0.717, 1.165) is 0 Å². The molecule has 79 valence electrons. The van der Waals surface area contributed by atoms with E-state index in [1.807, 2.05) is 0 Å². The molecule has 0 saturated heterocycles. The molecule has 0 aliphatic rings. The van der Waals surface area contributed by atoms with E-state index in [1.165, 1.54) is 0 Å². The van der Waals surface area contributed by atoms with E-state index in [-0.39, 0.29) is 31.1 Å². The summed E-state index contributed by atoms with van der Waals surface area (Å²) < 4.78 is 19.1. The van der Waals surface area contributed by atoms with Crippen molar-refractivity contribution in [1.82, 2.24) is 0 Å². The molecule has 0 aliphatic heterocycles. The summed E-state index contributed by atoms with van der Waals surface area (Å²) in [4.78, 5) is 38.2. The summed E-state index contributed by atoms with van der Waals surface area (Å²) in [7, 11) is -10.4. The van der Waals surface area contributed by atoms with Crippen LogP contribution in [0.3, 0.4) is 0 Å². The average molecular weight is 307 g/mol. The Labute approximate surface area is 81.3 Å². The van der Waals surface area contributed by atoms with E-state index >= 15 is 0 Å². The fourth-order valence-corrected chi connectivity index (χ4v) is 1.91. The summed E-state index contributed by atoms with van der Waals surface area (Å²) in [6, 6.07) is 0. The first-order chi connectivity index (χ1) is 3.71. The first-order valence-corrected chi connectivity index (χ1v) is 5.18. The first-order valence-electron chi connectivity index (χ1n) is 1.73. The second-order valence-electron chi connectivity index (χ2n) is 1.36. The van der Waals surface area contributed by atoms with Gasteiger partial charge in [0.25, 0.3) is 0 Å². The minimum absolute atomic E-state index is 0. The summed E-state index contributed by atoms with van der Waals surface area (Å²) in [5, 5.41) is 0. The molecule has 0 unspecified atom stereocenters. The van der Waals surface area contributed by atoms with Crippen LogP contribution in [0.2, 0.25) is 0 Å². The molecule has 1 radical (unpaired) electrons. The number of hydrogen-bond acceptors (Lipinski definition) is 6. The second kappa shape index (κ2) is 7.29. The van der Waals surface area contributed by atoms with E-state index in [2.05, 4.69) is 0 Å². The maximum absolute atomic E-state index is 9.55. The van der Waals surface area contributed by atoms with Gasteiger partial charge in [-0.25, -0.2) is 0 Å². The second-order valence-corrected chi connectivity index (χ2v) is 4.94. The van der Waals surface area contributed by atoms with Crippen molar-refractivity contribution in [3.05, 3.63) is 0 Å². The van der Waals surface area contributed by atoms with E-state index in [0.29, 0.717) is 0 Å². The van der Waals surface area contributed by atoms with Crippen LogP contribution in [0.1, 0.15) is 0 Å². The molecule has 0 rings (SSSR count). The molecule has 0 aromatic heterocycles. The first kappa shape index (κ1) is 23.0. The van der Waals surface area contributed by atoms with Crippen LogP contribution >= 0.6 is 15.2 Å². The van der Waals surface area contributed by atoms with Crippen molar-refractivity contribution in [2.75, 3.05) is 5.90 Å². The zero-order chi connectivity index (χ0) is 7.71. The smallest absolute Gasteiger partial charge is 0.00301 e. The molecule has 0 aromatic carbocycles. The molecule has 0 heterocycles. The third-order valence-corrected chi connectivity index (χ3v) is 3.12. The Kier molecular flexibility index (Phi) is 14.0. The number of rotatable bonds is 2. The topological polar surface area (TPSA) is 189 Å². The normalized spacial score (nSPS) is 10.3. The predicted molar refractivity (Wildman–Crippen MR) is 27.3 cm³/mol. The van der Waals surface area contributed by atoms with Gasteiger partial charge in [0.2, 0.25) is 0 Å². The van der Waals surface area contributed by atoms with Gasteiger partial charge in [-0.2, -0.15) is 0 Å². The van der Waals surface area contributed by atoms with Gasteiger partial charge in [-0.05, 0) is 0 Å². The van der Waals surface area contributed by atoms with Gasteiger partial charge in [0, 0.05) is 26.0 Å². The van der Waals surface area contributed by atoms with Crippen LogP contribution in [-0.2, 0) is 29.2 Å². The quantitative estimate of drug-likeness (QED) is 0.459. The molecule has 8 nitrogen and oxygen atoms in total. The Bertz CT molecular complexity index is 157. The van der Waals surface area contributed by atoms with E-state index in [4.69, 9.17) is 0 Å². The fourth-order valence-electron chi connectivity index (χ4n) is 0.212. The van der Waals surface area contributed by atoms with Crippen molar-refractivity contribution in [1.29, 1.82) is 0 Å². The van der Waals surface area contributed by atoms with Crippen LogP contribution in [0.5, 0.6) is 0 Å². The van der Waals surface area contributed by atoms with Crippen LogP contribution < -0.4 is 19.6 Å². The Morgan fingerprint density at radius 1 is 0.833 bits per heavy atom. The van der Waals surface area contributed by atoms with Crippen LogP contribution in [0, 0.1) is 0 Å². The fraction of sp³-hybridized carbons (Fsp3) is 1.00. The molecule has 0 saturated carbocycles. The van der Waals surface area contributed by atoms with Crippen molar-refractivity contribution in [2.24, 2.45) is 0 Å². The van der Waals surface area contributed by atoms with E-state index in [1.54, 1.807) is 0 Å². The largest absolute Gasteiger partial charge is 0.810 e. The van der Waals surface area contributed by atoms with Crippen molar-refractivity contribution in [3.8, 4) is 0 Å². The summed E-state index contributed by atoms with van der Waals surface area (Å²) in [6.07, 6.45) is 0. The van der Waals surface area contributed by atoms with Crippen LogP contribution in [0.25, 0.3) is 0 Å². The molecule has 4 N–H and O–H groups in total. The van der Waals surface area contributed by atoms with Crippen LogP contribution in [0.15, 0.2) is 0 Å². The summed E-state index contributed by atoms with van der Waals surface area (Å²) in [6.45, 7) is 0. The molecule has 11 heteroatoms. The monoisotopic (exact) mass is 307 g/mol. The molecule has 0 spiro atoms. The molecule has 0 bridgehead atoms. The molecule has 0 atom stereocenters. The van der Waals surface area contributed by atoms with Gasteiger partial charge in [0.1, 0.15) is 0 Å². The van der Waals surface area contributed by atoms with Gasteiger partial charge in [0.05, 0.1) is 0 Å². The Hall–Kier alpha value is 0.869. The summed E-state index contributed by atoms with van der Waals surface area (Å²) in [5.41, 5.74) is 0. The van der Waals surface area contributed by atoms with E-state index in [9.17, 15) is 28.7 Å². The number of hydrogen-bond donors (Lipinski definition) is 0. The van der Waals surface area contributed by atoms with Gasteiger partial charge in [-0.1, -0.05) is 15.2 Å². The Morgan fingerprint density at radius 3 is 1.00 bits per heavy atom. The standard InChI is InChI=1S/CH6O6P2.2H2O.Tc/c2-8(3,4)1-9(5,6)7;;;/h1H2,(H2,2,3,4)(H2,5,6,7);2*1H2;/p-4/i;;;1+1. The summed E-state index contributed by atoms with van der Waals surface area (Å²) >= 11 is 0. The molecule has 0 aromatic rings. The SMILES string of the molecule is O.O.O=P([O-])([O-])CP(=O)([O-])[O-].[99Tc]. The maximum Gasteiger partial charge on any atom is 0.00301 e. The summed E-state index contributed by atoms with van der Waals surface area (Å²) in [5.74, 6) is -1.82. The minimum Gasteiger partial charge on any atom is -0.810 e. The van der Waals surface area contributed by atoms with Gasteiger partial charge in [-0.15, -0.1) is 0 Å². The molecular weight excluding hydrogens is 301 g/mol. The van der Waals surface area contributed by atoms with Crippen molar-refractivity contribution >= 4 is 15.2 Å².